The predicted octanol–water partition coefficient (Wildman–Crippen LogP) is 3.74. The number of aromatic hydroxyl groups is 1. The zero-order valence-corrected chi connectivity index (χ0v) is 12.2. The average Bonchev–Trinajstić information content (AvgIpc) is 2.48. The van der Waals surface area contributed by atoms with Gasteiger partial charge in [-0.2, -0.15) is 0 Å². The van der Waals surface area contributed by atoms with E-state index in [-0.39, 0.29) is 10.8 Å². The molecule has 0 aliphatic rings. The Kier molecular flexibility index (Phi) is 4.25. The van der Waals surface area contributed by atoms with Crippen molar-refractivity contribution in [1.82, 2.24) is 0 Å². The van der Waals surface area contributed by atoms with E-state index >= 15 is 0 Å². The van der Waals surface area contributed by atoms with E-state index in [1.54, 1.807) is 39.5 Å². The number of phenols is 1. The highest BCUT2D eigenvalue weighted by atomic mass is 35.5. The molecule has 0 aromatic heterocycles. The molecule has 0 aliphatic carbocycles. The first-order valence-electron chi connectivity index (χ1n) is 5.90. The number of rotatable bonds is 4. The molecular weight excluding hydrogens is 280 g/mol. The highest BCUT2D eigenvalue weighted by molar-refractivity contribution is 6.34. The Morgan fingerprint density at radius 1 is 0.950 bits per heavy atom. The van der Waals surface area contributed by atoms with Crippen LogP contribution in [0.25, 0.3) is 11.1 Å². The minimum atomic E-state index is 0.0259. The minimum Gasteiger partial charge on any atom is -0.506 e. The van der Waals surface area contributed by atoms with Crippen LogP contribution in [0.5, 0.6) is 23.0 Å². The maximum Gasteiger partial charge on any atom is 0.203 e. The quantitative estimate of drug-likeness (QED) is 0.933. The van der Waals surface area contributed by atoms with Gasteiger partial charge >= 0.3 is 0 Å². The van der Waals surface area contributed by atoms with E-state index < -0.39 is 0 Å². The number of halogens is 1. The van der Waals surface area contributed by atoms with Crippen LogP contribution in [0.1, 0.15) is 0 Å². The molecule has 0 amide bonds. The molecule has 2 rings (SSSR count). The highest BCUT2D eigenvalue weighted by Crippen LogP contribution is 2.43. The molecule has 0 saturated carbocycles. The van der Waals surface area contributed by atoms with Crippen molar-refractivity contribution in [3.8, 4) is 34.1 Å². The molecule has 0 bridgehead atoms. The summed E-state index contributed by atoms with van der Waals surface area (Å²) < 4.78 is 15.9. The van der Waals surface area contributed by atoms with Gasteiger partial charge in [0.2, 0.25) is 5.75 Å². The molecule has 2 aromatic carbocycles. The van der Waals surface area contributed by atoms with Crippen LogP contribution >= 0.6 is 11.6 Å². The number of methoxy groups -OCH3 is 3. The van der Waals surface area contributed by atoms with Gasteiger partial charge in [0.25, 0.3) is 0 Å². The summed E-state index contributed by atoms with van der Waals surface area (Å²) in [4.78, 5) is 0. The van der Waals surface area contributed by atoms with E-state index in [1.807, 2.05) is 6.07 Å². The molecule has 0 spiro atoms. The van der Waals surface area contributed by atoms with Crippen LogP contribution in [-0.2, 0) is 0 Å². The summed E-state index contributed by atoms with van der Waals surface area (Å²) >= 11 is 6.13. The lowest BCUT2D eigenvalue weighted by molar-refractivity contribution is 0.324. The molecule has 5 heteroatoms. The molecule has 106 valence electrons. The second-order valence-electron chi connectivity index (χ2n) is 4.05. The van der Waals surface area contributed by atoms with Gasteiger partial charge in [-0.1, -0.05) is 23.7 Å². The zero-order chi connectivity index (χ0) is 14.7. The van der Waals surface area contributed by atoms with E-state index in [0.717, 1.165) is 5.56 Å². The molecule has 2 aromatic rings. The normalized spacial score (nSPS) is 10.2. The van der Waals surface area contributed by atoms with Gasteiger partial charge in [-0.05, 0) is 23.8 Å². The summed E-state index contributed by atoms with van der Waals surface area (Å²) in [6.07, 6.45) is 0. The van der Waals surface area contributed by atoms with E-state index in [2.05, 4.69) is 0 Å². The van der Waals surface area contributed by atoms with Crippen molar-refractivity contribution < 1.29 is 19.3 Å². The monoisotopic (exact) mass is 294 g/mol. The summed E-state index contributed by atoms with van der Waals surface area (Å²) in [5, 5.41) is 9.98. The SMILES string of the molecule is COc1cc(-c2cccc(O)c2Cl)cc(OC)c1OC. The second-order valence-corrected chi connectivity index (χ2v) is 4.43. The number of phenolic OH excluding ortho intramolecular Hbond substituents is 1. The van der Waals surface area contributed by atoms with Crippen LogP contribution in [0.4, 0.5) is 0 Å². The number of benzene rings is 2. The average molecular weight is 295 g/mol. The fraction of sp³-hybridized carbons (Fsp3) is 0.200. The Balaban J connectivity index is 2.66. The number of hydrogen-bond donors (Lipinski definition) is 1. The van der Waals surface area contributed by atoms with Gasteiger partial charge < -0.3 is 19.3 Å². The summed E-state index contributed by atoms with van der Waals surface area (Å²) in [6.45, 7) is 0. The number of hydrogen-bond acceptors (Lipinski definition) is 4. The molecule has 0 atom stereocenters. The standard InChI is InChI=1S/C15H15ClO4/c1-18-12-7-9(8-13(19-2)15(12)20-3)10-5-4-6-11(17)14(10)16/h4-8,17H,1-3H3. The maximum absolute atomic E-state index is 9.70. The third-order valence-corrected chi connectivity index (χ3v) is 3.35. The van der Waals surface area contributed by atoms with Crippen LogP contribution in [0.15, 0.2) is 30.3 Å². The Morgan fingerprint density at radius 2 is 1.55 bits per heavy atom. The summed E-state index contributed by atoms with van der Waals surface area (Å²) in [5.41, 5.74) is 1.45. The summed E-state index contributed by atoms with van der Waals surface area (Å²) in [6, 6.07) is 8.62. The minimum absolute atomic E-state index is 0.0259. The number of ether oxygens (including phenoxy) is 3. The van der Waals surface area contributed by atoms with E-state index in [9.17, 15) is 5.11 Å². The molecule has 0 aliphatic heterocycles. The summed E-state index contributed by atoms with van der Waals surface area (Å²) in [7, 11) is 4.64. The Bertz CT molecular complexity index is 600. The molecule has 0 radical (unpaired) electrons. The lowest BCUT2D eigenvalue weighted by Gasteiger charge is -2.15. The van der Waals surface area contributed by atoms with Gasteiger partial charge in [0.05, 0.1) is 26.4 Å². The maximum atomic E-state index is 9.70. The Morgan fingerprint density at radius 3 is 2.05 bits per heavy atom. The van der Waals surface area contributed by atoms with Crippen molar-refractivity contribution >= 4 is 11.6 Å². The first kappa shape index (κ1) is 14.3. The van der Waals surface area contributed by atoms with Crippen LogP contribution in [0.2, 0.25) is 5.02 Å². The van der Waals surface area contributed by atoms with Crippen molar-refractivity contribution in [2.75, 3.05) is 21.3 Å². The van der Waals surface area contributed by atoms with E-state index in [0.29, 0.717) is 22.8 Å². The fourth-order valence-electron chi connectivity index (χ4n) is 1.98. The van der Waals surface area contributed by atoms with Crippen LogP contribution in [-0.4, -0.2) is 26.4 Å². The fourth-order valence-corrected chi connectivity index (χ4v) is 2.21. The lowest BCUT2D eigenvalue weighted by Crippen LogP contribution is -1.95. The third kappa shape index (κ3) is 2.47. The van der Waals surface area contributed by atoms with Crippen LogP contribution in [0, 0.1) is 0 Å². The molecule has 0 saturated heterocycles. The van der Waals surface area contributed by atoms with Crippen LogP contribution in [0.3, 0.4) is 0 Å². The van der Waals surface area contributed by atoms with Gasteiger partial charge in [-0.3, -0.25) is 0 Å². The molecule has 0 heterocycles. The highest BCUT2D eigenvalue weighted by Gasteiger charge is 2.16. The molecule has 20 heavy (non-hydrogen) atoms. The Labute approximate surface area is 122 Å². The van der Waals surface area contributed by atoms with Gasteiger partial charge in [-0.25, -0.2) is 0 Å². The van der Waals surface area contributed by atoms with Gasteiger partial charge in [0.1, 0.15) is 5.75 Å². The van der Waals surface area contributed by atoms with Crippen molar-refractivity contribution in [3.05, 3.63) is 35.4 Å². The van der Waals surface area contributed by atoms with E-state index in [4.69, 9.17) is 25.8 Å². The lowest BCUT2D eigenvalue weighted by atomic mass is 10.0. The first-order chi connectivity index (χ1) is 9.62. The molecule has 4 nitrogen and oxygen atoms in total. The zero-order valence-electron chi connectivity index (χ0n) is 11.4. The van der Waals surface area contributed by atoms with Gasteiger partial charge in [0, 0.05) is 5.56 Å². The van der Waals surface area contributed by atoms with Crippen molar-refractivity contribution in [2.24, 2.45) is 0 Å². The van der Waals surface area contributed by atoms with Crippen molar-refractivity contribution in [1.29, 1.82) is 0 Å². The van der Waals surface area contributed by atoms with Crippen LogP contribution < -0.4 is 14.2 Å². The smallest absolute Gasteiger partial charge is 0.203 e. The van der Waals surface area contributed by atoms with Gasteiger partial charge in [-0.15, -0.1) is 0 Å². The predicted molar refractivity (Wildman–Crippen MR) is 78.2 cm³/mol. The van der Waals surface area contributed by atoms with E-state index in [1.165, 1.54) is 6.07 Å². The van der Waals surface area contributed by atoms with Crippen molar-refractivity contribution in [3.63, 3.8) is 0 Å². The summed E-state index contributed by atoms with van der Waals surface area (Å²) in [5.74, 6) is 1.59. The molecule has 1 N–H and O–H groups in total. The Hall–Kier alpha value is -2.07. The van der Waals surface area contributed by atoms with Gasteiger partial charge in [0.15, 0.2) is 11.5 Å². The first-order valence-corrected chi connectivity index (χ1v) is 6.28. The molecule has 0 unspecified atom stereocenters. The molecule has 0 fully saturated rings. The third-order valence-electron chi connectivity index (χ3n) is 2.95. The molecular formula is C15H15ClO4. The largest absolute Gasteiger partial charge is 0.506 e. The van der Waals surface area contributed by atoms with Crippen molar-refractivity contribution in [2.45, 2.75) is 0 Å². The topological polar surface area (TPSA) is 47.9 Å². The second kappa shape index (κ2) is 5.92.